The van der Waals surface area contributed by atoms with Crippen molar-refractivity contribution in [1.29, 1.82) is 0 Å². The highest BCUT2D eigenvalue weighted by atomic mass is 79.9. The zero-order valence-electron chi connectivity index (χ0n) is 12.3. The molecule has 0 saturated carbocycles. The Hall–Kier alpha value is -1.33. The van der Waals surface area contributed by atoms with E-state index in [2.05, 4.69) is 20.5 Å². The van der Waals surface area contributed by atoms with Crippen molar-refractivity contribution in [2.75, 3.05) is 0 Å². The van der Waals surface area contributed by atoms with Gasteiger partial charge in [-0.05, 0) is 24.6 Å². The third kappa shape index (κ3) is 3.04. The lowest BCUT2D eigenvalue weighted by molar-refractivity contribution is -0.138. The summed E-state index contributed by atoms with van der Waals surface area (Å²) in [5.41, 5.74) is 8.77. The topological polar surface area (TPSA) is 68.2 Å². The van der Waals surface area contributed by atoms with Crippen LogP contribution in [0.3, 0.4) is 0 Å². The molecule has 20 heavy (non-hydrogen) atoms. The van der Waals surface area contributed by atoms with Crippen LogP contribution in [0, 0.1) is 6.92 Å². The molecule has 5 heteroatoms. The molecule has 2 aromatic rings. The van der Waals surface area contributed by atoms with Crippen LogP contribution in [0.2, 0.25) is 0 Å². The number of halogens is 1. The van der Waals surface area contributed by atoms with Gasteiger partial charge in [0.25, 0.3) is 0 Å². The number of rotatable bonds is 3. The van der Waals surface area contributed by atoms with Crippen LogP contribution in [0.15, 0.2) is 22.7 Å². The van der Waals surface area contributed by atoms with E-state index in [1.165, 1.54) is 0 Å². The number of aryl methyl sites for hydroxylation is 1. The predicted molar refractivity (Wildman–Crippen MR) is 86.0 cm³/mol. The summed E-state index contributed by atoms with van der Waals surface area (Å²) in [4.78, 5) is 10.9. The Morgan fingerprint density at radius 1 is 1.45 bits per heavy atom. The predicted octanol–water partition coefficient (Wildman–Crippen LogP) is 3.23. The van der Waals surface area contributed by atoms with Gasteiger partial charge in [-0.15, -0.1) is 0 Å². The standard InChI is InChI=1S/C13H15BrN2O2.C2H6/c1-7-8(6-10(15)13(17)18)12-9(14)4-3-5-11(12)16(7)2;1-2/h3-5,10H,6,15H2,1-2H3,(H,17,18);1-2H3. The fourth-order valence-electron chi connectivity index (χ4n) is 2.21. The fourth-order valence-corrected chi connectivity index (χ4v) is 2.81. The molecular weight excluding hydrogens is 320 g/mol. The summed E-state index contributed by atoms with van der Waals surface area (Å²) in [7, 11) is 1.97. The van der Waals surface area contributed by atoms with Crippen LogP contribution in [0.1, 0.15) is 25.1 Å². The monoisotopic (exact) mass is 340 g/mol. The molecule has 4 nitrogen and oxygen atoms in total. The number of carboxylic acid groups (broad SMARTS) is 1. The number of fused-ring (bicyclic) bond motifs is 1. The molecule has 0 bridgehead atoms. The van der Waals surface area contributed by atoms with E-state index >= 15 is 0 Å². The van der Waals surface area contributed by atoms with E-state index in [-0.39, 0.29) is 0 Å². The molecule has 0 radical (unpaired) electrons. The Bertz CT molecular complexity index is 620. The highest BCUT2D eigenvalue weighted by Gasteiger charge is 2.19. The van der Waals surface area contributed by atoms with E-state index in [0.717, 1.165) is 26.6 Å². The van der Waals surface area contributed by atoms with Gasteiger partial charge in [-0.1, -0.05) is 35.8 Å². The van der Waals surface area contributed by atoms with Crippen LogP contribution >= 0.6 is 15.9 Å². The van der Waals surface area contributed by atoms with Gasteiger partial charge in [0.1, 0.15) is 6.04 Å². The summed E-state index contributed by atoms with van der Waals surface area (Å²) in [5.74, 6) is -0.974. The van der Waals surface area contributed by atoms with Crippen LogP contribution < -0.4 is 5.73 Å². The van der Waals surface area contributed by atoms with Gasteiger partial charge in [-0.25, -0.2) is 0 Å². The van der Waals surface area contributed by atoms with Gasteiger partial charge in [-0.3, -0.25) is 4.79 Å². The first-order valence-corrected chi connectivity index (χ1v) is 7.43. The Morgan fingerprint density at radius 2 is 2.05 bits per heavy atom. The minimum atomic E-state index is -0.974. The van der Waals surface area contributed by atoms with Gasteiger partial charge < -0.3 is 15.4 Å². The molecule has 3 N–H and O–H groups in total. The lowest BCUT2D eigenvalue weighted by Gasteiger charge is -2.07. The van der Waals surface area contributed by atoms with Crippen LogP contribution in [-0.2, 0) is 18.3 Å². The molecule has 1 unspecified atom stereocenters. The number of nitrogens with zero attached hydrogens (tertiary/aromatic N) is 1. The molecule has 1 heterocycles. The fraction of sp³-hybridized carbons (Fsp3) is 0.400. The summed E-state index contributed by atoms with van der Waals surface area (Å²) < 4.78 is 3.03. The second-order valence-electron chi connectivity index (χ2n) is 4.41. The number of aliphatic carboxylic acids is 1. The summed E-state index contributed by atoms with van der Waals surface area (Å²) >= 11 is 3.52. The Kier molecular flexibility index (Phi) is 5.77. The normalized spacial score (nSPS) is 11.9. The first kappa shape index (κ1) is 16.7. The molecule has 0 aliphatic rings. The average molecular weight is 341 g/mol. The van der Waals surface area contributed by atoms with Crippen molar-refractivity contribution < 1.29 is 9.90 Å². The molecule has 0 saturated heterocycles. The number of nitrogens with two attached hydrogens (primary N) is 1. The maximum absolute atomic E-state index is 10.9. The van der Waals surface area contributed by atoms with Crippen molar-refractivity contribution in [3.63, 3.8) is 0 Å². The molecule has 0 aliphatic carbocycles. The molecule has 2 rings (SSSR count). The maximum Gasteiger partial charge on any atom is 0.320 e. The minimum Gasteiger partial charge on any atom is -0.480 e. The van der Waals surface area contributed by atoms with E-state index in [0.29, 0.717) is 6.42 Å². The molecule has 1 aromatic heterocycles. The Morgan fingerprint density at radius 3 is 2.60 bits per heavy atom. The average Bonchev–Trinajstić information content (AvgIpc) is 2.67. The van der Waals surface area contributed by atoms with Crippen LogP contribution in [-0.4, -0.2) is 21.7 Å². The molecule has 1 atom stereocenters. The van der Waals surface area contributed by atoms with Crippen molar-refractivity contribution in [3.05, 3.63) is 33.9 Å². The minimum absolute atomic E-state index is 0.334. The van der Waals surface area contributed by atoms with Gasteiger partial charge in [-0.2, -0.15) is 0 Å². The molecule has 0 fully saturated rings. The zero-order chi connectivity index (χ0) is 15.4. The first-order chi connectivity index (χ1) is 9.43. The lowest BCUT2D eigenvalue weighted by atomic mass is 10.0. The number of carbonyl (C=O) groups is 1. The SMILES string of the molecule is CC.Cc1c(CC(N)C(=O)O)c2c(Br)cccc2n1C. The summed E-state index contributed by atoms with van der Waals surface area (Å²) in [6.45, 7) is 5.98. The Labute approximate surface area is 127 Å². The van der Waals surface area contributed by atoms with Crippen molar-refractivity contribution in [1.82, 2.24) is 4.57 Å². The highest BCUT2D eigenvalue weighted by molar-refractivity contribution is 9.10. The molecule has 0 spiro atoms. The van der Waals surface area contributed by atoms with E-state index in [1.807, 2.05) is 46.0 Å². The second-order valence-corrected chi connectivity index (χ2v) is 5.26. The molecule has 110 valence electrons. The number of hydrogen-bond acceptors (Lipinski definition) is 2. The smallest absolute Gasteiger partial charge is 0.320 e. The second kappa shape index (κ2) is 6.90. The molecular formula is C15H21BrN2O2. The van der Waals surface area contributed by atoms with Crippen LogP contribution in [0.25, 0.3) is 10.9 Å². The van der Waals surface area contributed by atoms with Crippen LogP contribution in [0.5, 0.6) is 0 Å². The maximum atomic E-state index is 10.9. The van der Waals surface area contributed by atoms with E-state index in [1.54, 1.807) is 0 Å². The lowest BCUT2D eigenvalue weighted by Crippen LogP contribution is -2.32. The van der Waals surface area contributed by atoms with Gasteiger partial charge >= 0.3 is 5.97 Å². The third-order valence-electron chi connectivity index (χ3n) is 3.34. The van der Waals surface area contributed by atoms with Gasteiger partial charge in [0.05, 0.1) is 0 Å². The summed E-state index contributed by atoms with van der Waals surface area (Å²) in [5, 5.41) is 9.99. The van der Waals surface area contributed by atoms with Gasteiger partial charge in [0.2, 0.25) is 0 Å². The quantitative estimate of drug-likeness (QED) is 0.901. The van der Waals surface area contributed by atoms with Crippen molar-refractivity contribution in [2.45, 2.75) is 33.2 Å². The van der Waals surface area contributed by atoms with Gasteiger partial charge in [0.15, 0.2) is 0 Å². The summed E-state index contributed by atoms with van der Waals surface area (Å²) in [6, 6.07) is 5.06. The van der Waals surface area contributed by atoms with Crippen molar-refractivity contribution in [3.8, 4) is 0 Å². The molecule has 0 amide bonds. The van der Waals surface area contributed by atoms with Crippen molar-refractivity contribution in [2.24, 2.45) is 12.8 Å². The number of benzene rings is 1. The zero-order valence-corrected chi connectivity index (χ0v) is 13.9. The van der Waals surface area contributed by atoms with E-state index in [4.69, 9.17) is 10.8 Å². The highest BCUT2D eigenvalue weighted by Crippen LogP contribution is 2.32. The number of carboxylic acids is 1. The summed E-state index contributed by atoms with van der Waals surface area (Å²) in [6.07, 6.45) is 0.334. The molecule has 1 aromatic carbocycles. The molecule has 0 aliphatic heterocycles. The number of aromatic nitrogens is 1. The van der Waals surface area contributed by atoms with E-state index in [9.17, 15) is 4.79 Å². The Balaban J connectivity index is 0.000000956. The number of hydrogen-bond donors (Lipinski definition) is 2. The van der Waals surface area contributed by atoms with E-state index < -0.39 is 12.0 Å². The largest absolute Gasteiger partial charge is 0.480 e. The third-order valence-corrected chi connectivity index (χ3v) is 4.00. The van der Waals surface area contributed by atoms with Crippen molar-refractivity contribution >= 4 is 32.8 Å². The first-order valence-electron chi connectivity index (χ1n) is 6.64. The van der Waals surface area contributed by atoms with Gasteiger partial charge in [0, 0.05) is 34.5 Å². The van der Waals surface area contributed by atoms with Crippen LogP contribution in [0.4, 0.5) is 0 Å².